The van der Waals surface area contributed by atoms with Gasteiger partial charge in [0.2, 0.25) is 0 Å². The fraction of sp³-hybridized carbons (Fsp3) is 0.833. The van der Waals surface area contributed by atoms with Gasteiger partial charge in [-0.05, 0) is 0 Å². The Kier molecular flexibility index (Phi) is 2.20. The number of carbonyl (C=O) groups is 2. The largest absolute Gasteiger partial charge is 0.463 e. The first-order valence-electron chi connectivity index (χ1n) is 6.34. The summed E-state index contributed by atoms with van der Waals surface area (Å²) >= 11 is 0. The summed E-state index contributed by atoms with van der Waals surface area (Å²) in [4.78, 5) is 23.0. The SMILES string of the molecule is CC(=O)OC[C@H]1O[C@@H]2OC[C@]34O[C@H]3C(=O)[C@H]([C@@H]1O)[C@H]24. The van der Waals surface area contributed by atoms with Crippen LogP contribution in [0.1, 0.15) is 6.92 Å². The zero-order chi connectivity index (χ0) is 13.4. The molecule has 3 heterocycles. The summed E-state index contributed by atoms with van der Waals surface area (Å²) in [6.45, 7) is 1.52. The molecule has 19 heavy (non-hydrogen) atoms. The number of ether oxygens (including phenoxy) is 4. The molecule has 7 nitrogen and oxygen atoms in total. The summed E-state index contributed by atoms with van der Waals surface area (Å²) in [7, 11) is 0. The van der Waals surface area contributed by atoms with Crippen LogP contribution >= 0.6 is 0 Å². The molecule has 1 saturated carbocycles. The van der Waals surface area contributed by atoms with Crippen LogP contribution in [0.2, 0.25) is 0 Å². The average Bonchev–Trinajstić information content (AvgIpc) is 2.89. The summed E-state index contributed by atoms with van der Waals surface area (Å²) in [5.41, 5.74) is -0.570. The molecule has 1 spiro atoms. The summed E-state index contributed by atoms with van der Waals surface area (Å²) in [6.07, 6.45) is -2.74. The minimum atomic E-state index is -0.983. The third-order valence-electron chi connectivity index (χ3n) is 4.54. The van der Waals surface area contributed by atoms with Gasteiger partial charge >= 0.3 is 5.97 Å². The lowest BCUT2D eigenvalue weighted by atomic mass is 9.81. The van der Waals surface area contributed by atoms with Crippen LogP contribution in [0.25, 0.3) is 0 Å². The van der Waals surface area contributed by atoms with Crippen LogP contribution in [0, 0.1) is 11.8 Å². The number of esters is 1. The van der Waals surface area contributed by atoms with E-state index < -0.39 is 42.1 Å². The molecule has 0 radical (unpaired) electrons. The third-order valence-corrected chi connectivity index (χ3v) is 4.54. The first-order chi connectivity index (χ1) is 9.04. The maximum Gasteiger partial charge on any atom is 0.302 e. The molecule has 7 atom stereocenters. The smallest absolute Gasteiger partial charge is 0.302 e. The molecule has 104 valence electrons. The van der Waals surface area contributed by atoms with E-state index in [9.17, 15) is 14.7 Å². The van der Waals surface area contributed by atoms with Crippen molar-refractivity contribution in [2.45, 2.75) is 37.1 Å². The summed E-state index contributed by atoms with van der Waals surface area (Å²) < 4.78 is 21.4. The molecule has 1 aliphatic carbocycles. The second-order valence-corrected chi connectivity index (χ2v) is 5.55. The lowest BCUT2D eigenvalue weighted by Gasteiger charge is -2.39. The van der Waals surface area contributed by atoms with Gasteiger partial charge in [-0.25, -0.2) is 0 Å². The lowest BCUT2D eigenvalue weighted by molar-refractivity contribution is -0.245. The Hall–Kier alpha value is -1.02. The van der Waals surface area contributed by atoms with Crippen LogP contribution in [-0.4, -0.2) is 60.3 Å². The van der Waals surface area contributed by atoms with E-state index in [1.807, 2.05) is 0 Å². The van der Waals surface area contributed by atoms with Crippen molar-refractivity contribution in [1.29, 1.82) is 0 Å². The van der Waals surface area contributed by atoms with Gasteiger partial charge in [0.15, 0.2) is 12.1 Å². The summed E-state index contributed by atoms with van der Waals surface area (Å²) in [6, 6.07) is 0. The predicted octanol–water partition coefficient (Wildman–Crippen LogP) is -1.38. The molecular weight excluding hydrogens is 256 g/mol. The minimum Gasteiger partial charge on any atom is -0.463 e. The van der Waals surface area contributed by atoms with Crippen molar-refractivity contribution in [2.24, 2.45) is 11.8 Å². The van der Waals surface area contributed by atoms with Crippen molar-refractivity contribution in [3.05, 3.63) is 0 Å². The van der Waals surface area contributed by atoms with E-state index in [0.717, 1.165) is 0 Å². The molecule has 1 N–H and O–H groups in total. The van der Waals surface area contributed by atoms with E-state index in [-0.39, 0.29) is 18.3 Å². The molecule has 0 aromatic heterocycles. The third kappa shape index (κ3) is 1.36. The molecule has 0 bridgehead atoms. The Labute approximate surface area is 108 Å². The maximum atomic E-state index is 12.2. The Bertz CT molecular complexity index is 463. The summed E-state index contributed by atoms with van der Waals surface area (Å²) in [5.74, 6) is -1.32. The van der Waals surface area contributed by atoms with Crippen LogP contribution in [0.15, 0.2) is 0 Å². The summed E-state index contributed by atoms with van der Waals surface area (Å²) in [5, 5.41) is 10.3. The lowest BCUT2D eigenvalue weighted by Crippen LogP contribution is -2.54. The van der Waals surface area contributed by atoms with Gasteiger partial charge in [-0.2, -0.15) is 0 Å². The standard InChI is InChI=1S/C12H14O7/c1-4(13)16-2-5-8(14)6-7-11(18-5)17-3-12(7)10(19-12)9(6)15/h5-8,10-11,14H,2-3H2,1H3/t5-,6+,7-,8-,10+,11+,12-/m1/s1. The van der Waals surface area contributed by atoms with Gasteiger partial charge in [-0.3, -0.25) is 9.59 Å². The topological polar surface area (TPSA) is 94.6 Å². The van der Waals surface area contributed by atoms with Gasteiger partial charge in [0, 0.05) is 6.92 Å². The van der Waals surface area contributed by atoms with Crippen molar-refractivity contribution in [2.75, 3.05) is 13.2 Å². The number of aliphatic hydroxyl groups is 1. The Morgan fingerprint density at radius 2 is 2.37 bits per heavy atom. The molecule has 3 aliphatic heterocycles. The fourth-order valence-electron chi connectivity index (χ4n) is 3.64. The molecule has 4 rings (SSSR count). The number of rotatable bonds is 2. The molecule has 4 aliphatic rings. The van der Waals surface area contributed by atoms with E-state index in [0.29, 0.717) is 6.61 Å². The number of hydrogen-bond donors (Lipinski definition) is 1. The van der Waals surface area contributed by atoms with Crippen LogP contribution in [0.5, 0.6) is 0 Å². The molecular formula is C12H14O7. The number of epoxide rings is 1. The highest BCUT2D eigenvalue weighted by molar-refractivity contribution is 5.94. The van der Waals surface area contributed by atoms with Crippen molar-refractivity contribution in [3.8, 4) is 0 Å². The van der Waals surface area contributed by atoms with Gasteiger partial charge in [0.1, 0.15) is 24.4 Å². The number of aliphatic hydroxyl groups excluding tert-OH is 1. The first-order valence-corrected chi connectivity index (χ1v) is 6.34. The Morgan fingerprint density at radius 3 is 3.11 bits per heavy atom. The minimum absolute atomic E-state index is 0.0780. The van der Waals surface area contributed by atoms with Crippen LogP contribution in [0.3, 0.4) is 0 Å². The molecule has 3 saturated heterocycles. The van der Waals surface area contributed by atoms with Gasteiger partial charge in [-0.1, -0.05) is 0 Å². The monoisotopic (exact) mass is 270 g/mol. The predicted molar refractivity (Wildman–Crippen MR) is 56.8 cm³/mol. The molecule has 0 aromatic carbocycles. The zero-order valence-electron chi connectivity index (χ0n) is 10.3. The van der Waals surface area contributed by atoms with Gasteiger partial charge in [0.05, 0.1) is 24.5 Å². The van der Waals surface area contributed by atoms with E-state index in [2.05, 4.69) is 0 Å². The van der Waals surface area contributed by atoms with E-state index in [4.69, 9.17) is 18.9 Å². The Balaban J connectivity index is 1.58. The van der Waals surface area contributed by atoms with E-state index in [1.54, 1.807) is 0 Å². The van der Waals surface area contributed by atoms with Crippen LogP contribution < -0.4 is 0 Å². The second-order valence-electron chi connectivity index (χ2n) is 5.55. The van der Waals surface area contributed by atoms with E-state index in [1.165, 1.54) is 6.92 Å². The van der Waals surface area contributed by atoms with Crippen LogP contribution in [-0.2, 0) is 28.5 Å². The Morgan fingerprint density at radius 1 is 1.58 bits per heavy atom. The maximum absolute atomic E-state index is 12.2. The fourth-order valence-corrected chi connectivity index (χ4v) is 3.64. The highest BCUT2D eigenvalue weighted by Gasteiger charge is 2.81. The van der Waals surface area contributed by atoms with Crippen molar-refractivity contribution in [3.63, 3.8) is 0 Å². The zero-order valence-corrected chi connectivity index (χ0v) is 10.3. The highest BCUT2D eigenvalue weighted by atomic mass is 16.7. The highest BCUT2D eigenvalue weighted by Crippen LogP contribution is 2.62. The first kappa shape index (κ1) is 11.8. The molecule has 0 aromatic rings. The number of carbonyl (C=O) groups excluding carboxylic acids is 2. The number of Topliss-reactive ketones (excluding diaryl/α,β-unsaturated/α-hetero) is 1. The number of hydrogen-bond acceptors (Lipinski definition) is 7. The molecule has 0 amide bonds. The van der Waals surface area contributed by atoms with Gasteiger partial charge < -0.3 is 24.1 Å². The second kappa shape index (κ2) is 3.54. The molecule has 0 unspecified atom stereocenters. The molecule has 7 heteroatoms. The molecule has 4 fully saturated rings. The van der Waals surface area contributed by atoms with Crippen molar-refractivity contribution < 1.29 is 33.6 Å². The van der Waals surface area contributed by atoms with Crippen LogP contribution in [0.4, 0.5) is 0 Å². The normalized spacial score (nSPS) is 53.7. The van der Waals surface area contributed by atoms with Gasteiger partial charge in [0.25, 0.3) is 0 Å². The van der Waals surface area contributed by atoms with Crippen molar-refractivity contribution in [1.82, 2.24) is 0 Å². The van der Waals surface area contributed by atoms with Gasteiger partial charge in [-0.15, -0.1) is 0 Å². The van der Waals surface area contributed by atoms with E-state index >= 15 is 0 Å². The van der Waals surface area contributed by atoms with Crippen molar-refractivity contribution >= 4 is 11.8 Å². The quantitative estimate of drug-likeness (QED) is 0.488. The average molecular weight is 270 g/mol. The number of ketones is 1.